The maximum absolute atomic E-state index is 13.2. The van der Waals surface area contributed by atoms with Crippen LogP contribution in [0.4, 0.5) is 20.6 Å². The van der Waals surface area contributed by atoms with Gasteiger partial charge in [0.15, 0.2) is 0 Å². The molecule has 0 unspecified atom stereocenters. The van der Waals surface area contributed by atoms with Crippen LogP contribution in [0.2, 0.25) is 0 Å². The van der Waals surface area contributed by atoms with E-state index in [1.54, 1.807) is 0 Å². The summed E-state index contributed by atoms with van der Waals surface area (Å²) in [6, 6.07) is 0.812. The molecule has 0 aliphatic carbocycles. The third kappa shape index (κ3) is 3.91. The zero-order valence-electron chi connectivity index (χ0n) is 9.71. The highest BCUT2D eigenvalue weighted by molar-refractivity contribution is 5.92. The Morgan fingerprint density at radius 1 is 1.47 bits per heavy atom. The maximum Gasteiger partial charge on any atom is 0.325 e. The van der Waals surface area contributed by atoms with Crippen molar-refractivity contribution >= 4 is 23.4 Å². The molecule has 0 radical (unpaired) electrons. The van der Waals surface area contributed by atoms with Crippen molar-refractivity contribution in [1.29, 1.82) is 0 Å². The predicted octanol–water partition coefficient (Wildman–Crippen LogP) is 1.33. The van der Waals surface area contributed by atoms with Crippen molar-refractivity contribution in [2.45, 2.75) is 13.0 Å². The van der Waals surface area contributed by atoms with Crippen LogP contribution in [-0.2, 0) is 4.79 Å². The summed E-state index contributed by atoms with van der Waals surface area (Å²) in [7, 11) is 0. The van der Waals surface area contributed by atoms with Crippen LogP contribution in [0.3, 0.4) is 0 Å². The summed E-state index contributed by atoms with van der Waals surface area (Å²) in [4.78, 5) is 31.3. The molecule has 0 saturated carbocycles. The first-order valence-corrected chi connectivity index (χ1v) is 5.05. The van der Waals surface area contributed by atoms with Crippen LogP contribution in [0, 0.1) is 15.9 Å². The van der Waals surface area contributed by atoms with E-state index in [4.69, 9.17) is 5.11 Å². The number of hydrogen-bond donors (Lipinski definition) is 3. The van der Waals surface area contributed by atoms with E-state index in [-0.39, 0.29) is 5.69 Å². The number of hydrogen-bond acceptors (Lipinski definition) is 4. The molecule has 3 N–H and O–H groups in total. The summed E-state index contributed by atoms with van der Waals surface area (Å²) in [6.07, 6.45) is 0. The molecule has 0 aliphatic heterocycles. The third-order valence-electron chi connectivity index (χ3n) is 2.12. The number of amides is 2. The van der Waals surface area contributed by atoms with Gasteiger partial charge in [-0.1, -0.05) is 0 Å². The Balaban J connectivity index is 2.73. The van der Waals surface area contributed by atoms with E-state index >= 15 is 0 Å². The van der Waals surface area contributed by atoms with Gasteiger partial charge in [-0.2, -0.15) is 4.39 Å². The molecule has 2 amide bonds. The van der Waals surface area contributed by atoms with E-state index in [1.165, 1.54) is 6.92 Å². The fraction of sp³-hybridized carbons (Fsp3) is 0.200. The topological polar surface area (TPSA) is 122 Å². The van der Waals surface area contributed by atoms with E-state index in [2.05, 4.69) is 10.6 Å². The van der Waals surface area contributed by atoms with E-state index in [0.29, 0.717) is 0 Å². The molecule has 0 spiro atoms. The number of nitro groups is 1. The van der Waals surface area contributed by atoms with Gasteiger partial charge in [-0.15, -0.1) is 0 Å². The van der Waals surface area contributed by atoms with Crippen molar-refractivity contribution in [2.24, 2.45) is 0 Å². The van der Waals surface area contributed by atoms with Crippen LogP contribution < -0.4 is 10.6 Å². The van der Waals surface area contributed by atoms with E-state index in [0.717, 1.165) is 18.2 Å². The predicted molar refractivity (Wildman–Crippen MR) is 62.3 cm³/mol. The minimum atomic E-state index is -1.23. The number of halogens is 1. The van der Waals surface area contributed by atoms with Gasteiger partial charge in [0.05, 0.1) is 4.92 Å². The first kappa shape index (κ1) is 14.4. The van der Waals surface area contributed by atoms with Crippen molar-refractivity contribution < 1.29 is 24.0 Å². The zero-order chi connectivity index (χ0) is 14.6. The van der Waals surface area contributed by atoms with E-state index in [9.17, 15) is 24.1 Å². The van der Waals surface area contributed by atoms with Gasteiger partial charge in [0.25, 0.3) is 0 Å². The lowest BCUT2D eigenvalue weighted by atomic mass is 10.2. The van der Waals surface area contributed by atoms with Crippen molar-refractivity contribution in [3.63, 3.8) is 0 Å². The second kappa shape index (κ2) is 5.76. The number of nitrogens with zero attached hydrogens (tertiary/aromatic N) is 1. The van der Waals surface area contributed by atoms with Crippen LogP contribution in [0.25, 0.3) is 0 Å². The van der Waals surface area contributed by atoms with Gasteiger partial charge >= 0.3 is 17.7 Å². The average molecular weight is 271 g/mol. The molecule has 0 fully saturated rings. The summed E-state index contributed by atoms with van der Waals surface area (Å²) in [5.74, 6) is -2.33. The Morgan fingerprint density at radius 2 is 2.11 bits per heavy atom. The van der Waals surface area contributed by atoms with Crippen LogP contribution in [0.1, 0.15) is 6.92 Å². The molecule has 8 nitrogen and oxygen atoms in total. The molecular weight excluding hydrogens is 261 g/mol. The molecule has 0 aliphatic rings. The second-order valence-electron chi connectivity index (χ2n) is 3.58. The number of anilines is 1. The SMILES string of the molecule is C[C@@H](NC(=O)Nc1ccc([N+](=O)[O-])c(F)c1)C(=O)O. The molecule has 9 heteroatoms. The van der Waals surface area contributed by atoms with Crippen LogP contribution in [0.15, 0.2) is 18.2 Å². The average Bonchev–Trinajstić information content (AvgIpc) is 2.27. The van der Waals surface area contributed by atoms with Crippen LogP contribution in [-0.4, -0.2) is 28.1 Å². The van der Waals surface area contributed by atoms with Crippen molar-refractivity contribution in [3.8, 4) is 0 Å². The Morgan fingerprint density at radius 3 is 2.58 bits per heavy atom. The van der Waals surface area contributed by atoms with E-state index < -0.39 is 34.5 Å². The lowest BCUT2D eigenvalue weighted by Gasteiger charge is -2.10. The molecular formula is C10H10FN3O5. The van der Waals surface area contributed by atoms with Gasteiger partial charge in [-0.05, 0) is 13.0 Å². The third-order valence-corrected chi connectivity index (χ3v) is 2.12. The van der Waals surface area contributed by atoms with Crippen molar-refractivity contribution in [2.75, 3.05) is 5.32 Å². The highest BCUT2D eigenvalue weighted by Crippen LogP contribution is 2.20. The first-order chi connectivity index (χ1) is 8.81. The molecule has 1 aromatic carbocycles. The number of urea groups is 1. The highest BCUT2D eigenvalue weighted by Gasteiger charge is 2.16. The second-order valence-corrected chi connectivity index (χ2v) is 3.58. The van der Waals surface area contributed by atoms with Crippen LogP contribution >= 0.6 is 0 Å². The number of carbonyl (C=O) groups is 2. The molecule has 19 heavy (non-hydrogen) atoms. The molecule has 1 rings (SSSR count). The number of rotatable bonds is 4. The van der Waals surface area contributed by atoms with Gasteiger partial charge < -0.3 is 15.7 Å². The number of nitro benzene ring substituents is 1. The maximum atomic E-state index is 13.2. The summed E-state index contributed by atoms with van der Waals surface area (Å²) in [5.41, 5.74) is -0.747. The quantitative estimate of drug-likeness (QED) is 0.563. The normalized spacial score (nSPS) is 11.5. The first-order valence-electron chi connectivity index (χ1n) is 5.05. The van der Waals surface area contributed by atoms with Crippen molar-refractivity contribution in [3.05, 3.63) is 34.1 Å². The molecule has 1 aromatic rings. The van der Waals surface area contributed by atoms with Gasteiger partial charge in [-0.25, -0.2) is 4.79 Å². The number of carboxylic acids is 1. The molecule has 0 aromatic heterocycles. The Labute approximate surface area is 106 Å². The summed E-state index contributed by atoms with van der Waals surface area (Å²) in [6.45, 7) is 1.25. The molecule has 1 atom stereocenters. The number of benzene rings is 1. The minimum absolute atomic E-state index is 0.0295. The molecule has 0 saturated heterocycles. The van der Waals surface area contributed by atoms with Gasteiger partial charge in [0, 0.05) is 17.8 Å². The fourth-order valence-electron chi connectivity index (χ4n) is 1.16. The molecule has 0 bridgehead atoms. The number of nitrogens with one attached hydrogen (secondary N) is 2. The Kier molecular flexibility index (Phi) is 4.35. The van der Waals surface area contributed by atoms with Gasteiger partial charge in [0.2, 0.25) is 5.82 Å². The summed E-state index contributed by atoms with van der Waals surface area (Å²) in [5, 5.41) is 23.2. The van der Waals surface area contributed by atoms with Gasteiger partial charge in [0.1, 0.15) is 6.04 Å². The van der Waals surface area contributed by atoms with E-state index in [1.807, 2.05) is 0 Å². The lowest BCUT2D eigenvalue weighted by Crippen LogP contribution is -2.40. The zero-order valence-corrected chi connectivity index (χ0v) is 9.71. The van der Waals surface area contributed by atoms with Crippen LogP contribution in [0.5, 0.6) is 0 Å². The highest BCUT2D eigenvalue weighted by atomic mass is 19.1. The van der Waals surface area contributed by atoms with Crippen molar-refractivity contribution in [1.82, 2.24) is 5.32 Å². The summed E-state index contributed by atoms with van der Waals surface area (Å²) >= 11 is 0. The minimum Gasteiger partial charge on any atom is -0.480 e. The Hall–Kier alpha value is -2.71. The fourth-order valence-corrected chi connectivity index (χ4v) is 1.16. The number of aliphatic carboxylic acids is 1. The lowest BCUT2D eigenvalue weighted by molar-refractivity contribution is -0.387. The largest absolute Gasteiger partial charge is 0.480 e. The monoisotopic (exact) mass is 271 g/mol. The smallest absolute Gasteiger partial charge is 0.325 e. The number of carboxylic acid groups (broad SMARTS) is 1. The standard InChI is InChI=1S/C10H10FN3O5/c1-5(9(15)16)12-10(17)13-6-2-3-8(14(18)19)7(11)4-6/h2-5H,1H3,(H,15,16)(H2,12,13,17)/t5-/m1/s1. The number of carbonyl (C=O) groups excluding carboxylic acids is 1. The summed E-state index contributed by atoms with van der Waals surface area (Å²) < 4.78 is 13.2. The molecule has 0 heterocycles. The molecule has 102 valence electrons. The Bertz CT molecular complexity index is 534. The van der Waals surface area contributed by atoms with Gasteiger partial charge in [-0.3, -0.25) is 14.9 Å².